The minimum Gasteiger partial charge on any atom is -0.507 e. The summed E-state index contributed by atoms with van der Waals surface area (Å²) in [6, 6.07) is 8.13. The molecule has 0 bridgehead atoms. The number of phenolic OH excluding ortho intramolecular Hbond substituents is 1. The van der Waals surface area contributed by atoms with Crippen molar-refractivity contribution < 1.29 is 24.2 Å². The molecule has 0 unspecified atom stereocenters. The SMILES string of the molecule is CCCCCCCCCCc1cc2c(c(C(=O)OC)c1O)C(=O)c1ccccc1C2=O. The van der Waals surface area contributed by atoms with Gasteiger partial charge in [-0.2, -0.15) is 0 Å². The number of unbranched alkanes of at least 4 members (excludes halogenated alkanes) is 7. The molecule has 0 amide bonds. The molecule has 0 saturated carbocycles. The van der Waals surface area contributed by atoms with Gasteiger partial charge in [0.25, 0.3) is 0 Å². The number of ketones is 2. The van der Waals surface area contributed by atoms with E-state index in [9.17, 15) is 19.5 Å². The molecule has 1 N–H and O–H groups in total. The van der Waals surface area contributed by atoms with Crippen LogP contribution in [0.25, 0.3) is 0 Å². The average molecular weight is 423 g/mol. The molecular formula is C26H30O5. The molecule has 0 spiro atoms. The molecule has 5 heteroatoms. The van der Waals surface area contributed by atoms with E-state index >= 15 is 0 Å². The summed E-state index contributed by atoms with van der Waals surface area (Å²) in [7, 11) is 1.20. The van der Waals surface area contributed by atoms with Crippen LogP contribution < -0.4 is 0 Å². The second-order valence-electron chi connectivity index (χ2n) is 8.10. The summed E-state index contributed by atoms with van der Waals surface area (Å²) in [6.07, 6.45) is 9.67. The Bertz CT molecular complexity index is 990. The fourth-order valence-corrected chi connectivity index (χ4v) is 4.24. The molecular weight excluding hydrogens is 392 g/mol. The maximum absolute atomic E-state index is 13.1. The lowest BCUT2D eigenvalue weighted by Crippen LogP contribution is -2.25. The zero-order valence-electron chi connectivity index (χ0n) is 18.3. The number of aromatic hydroxyl groups is 1. The van der Waals surface area contributed by atoms with Gasteiger partial charge in [-0.25, -0.2) is 4.79 Å². The van der Waals surface area contributed by atoms with E-state index in [0.29, 0.717) is 17.5 Å². The number of benzene rings is 2. The molecule has 0 radical (unpaired) electrons. The van der Waals surface area contributed by atoms with Crippen molar-refractivity contribution in [2.75, 3.05) is 7.11 Å². The summed E-state index contributed by atoms with van der Waals surface area (Å²) >= 11 is 0. The van der Waals surface area contributed by atoms with Gasteiger partial charge in [-0.1, -0.05) is 76.1 Å². The van der Waals surface area contributed by atoms with Crippen LogP contribution in [0, 0.1) is 0 Å². The lowest BCUT2D eigenvalue weighted by Gasteiger charge is -2.22. The third-order valence-corrected chi connectivity index (χ3v) is 5.96. The number of fused-ring (bicyclic) bond motifs is 2. The highest BCUT2D eigenvalue weighted by molar-refractivity contribution is 6.31. The summed E-state index contributed by atoms with van der Waals surface area (Å²) in [6.45, 7) is 2.20. The molecule has 1 aliphatic rings. The van der Waals surface area contributed by atoms with E-state index in [0.717, 1.165) is 19.3 Å². The molecule has 1 aliphatic carbocycles. The standard InChI is InChI=1S/C26H30O5/c1-3-4-5-6-7-8-9-10-13-17-16-20-21(22(23(17)27)26(30)31-2)25(29)19-15-12-11-14-18(19)24(20)28/h11-12,14-16,27H,3-10,13H2,1-2H3. The molecule has 2 aromatic carbocycles. The van der Waals surface area contributed by atoms with Crippen LogP contribution in [-0.2, 0) is 11.2 Å². The number of rotatable bonds is 10. The summed E-state index contributed by atoms with van der Waals surface area (Å²) < 4.78 is 4.84. The number of carbonyl (C=O) groups excluding carboxylic acids is 3. The van der Waals surface area contributed by atoms with Gasteiger partial charge in [-0.05, 0) is 24.5 Å². The summed E-state index contributed by atoms with van der Waals surface area (Å²) in [5.41, 5.74) is 0.956. The quantitative estimate of drug-likeness (QED) is 0.338. The summed E-state index contributed by atoms with van der Waals surface area (Å²) in [4.78, 5) is 38.7. The Kier molecular flexibility index (Phi) is 7.61. The molecule has 0 aromatic heterocycles. The van der Waals surface area contributed by atoms with Gasteiger partial charge in [0.05, 0.1) is 12.7 Å². The van der Waals surface area contributed by atoms with Gasteiger partial charge in [0.15, 0.2) is 11.6 Å². The topological polar surface area (TPSA) is 80.7 Å². The predicted molar refractivity (Wildman–Crippen MR) is 119 cm³/mol. The molecule has 3 rings (SSSR count). The zero-order valence-corrected chi connectivity index (χ0v) is 18.3. The maximum atomic E-state index is 13.1. The van der Waals surface area contributed by atoms with Crippen LogP contribution in [0.4, 0.5) is 0 Å². The Morgan fingerprint density at radius 3 is 2.06 bits per heavy atom. The van der Waals surface area contributed by atoms with Crippen molar-refractivity contribution in [1.82, 2.24) is 0 Å². The summed E-state index contributed by atoms with van der Waals surface area (Å²) in [5.74, 6) is -1.83. The molecule has 0 saturated heterocycles. The summed E-state index contributed by atoms with van der Waals surface area (Å²) in [5, 5.41) is 10.8. The minimum absolute atomic E-state index is 0.0623. The van der Waals surface area contributed by atoms with Gasteiger partial charge < -0.3 is 9.84 Å². The second-order valence-corrected chi connectivity index (χ2v) is 8.10. The largest absolute Gasteiger partial charge is 0.507 e. The van der Waals surface area contributed by atoms with Crippen molar-refractivity contribution in [3.63, 3.8) is 0 Å². The van der Waals surface area contributed by atoms with Gasteiger partial charge in [-0.15, -0.1) is 0 Å². The van der Waals surface area contributed by atoms with Crippen LogP contribution in [0.3, 0.4) is 0 Å². The number of esters is 1. The molecule has 31 heavy (non-hydrogen) atoms. The van der Waals surface area contributed by atoms with Crippen molar-refractivity contribution in [2.45, 2.75) is 64.7 Å². The van der Waals surface area contributed by atoms with E-state index in [4.69, 9.17) is 4.74 Å². The zero-order chi connectivity index (χ0) is 22.4. The number of phenols is 1. The molecule has 0 aliphatic heterocycles. The Balaban J connectivity index is 1.85. The van der Waals surface area contributed by atoms with Gasteiger partial charge in [-0.3, -0.25) is 9.59 Å². The maximum Gasteiger partial charge on any atom is 0.342 e. The van der Waals surface area contributed by atoms with E-state index in [2.05, 4.69) is 6.92 Å². The third kappa shape index (κ3) is 4.71. The lowest BCUT2D eigenvalue weighted by molar-refractivity contribution is 0.0593. The van der Waals surface area contributed by atoms with Gasteiger partial charge >= 0.3 is 5.97 Å². The van der Waals surface area contributed by atoms with Crippen molar-refractivity contribution in [2.24, 2.45) is 0 Å². The number of aryl methyl sites for hydroxylation is 1. The molecule has 0 heterocycles. The molecule has 0 atom stereocenters. The first-order valence-electron chi connectivity index (χ1n) is 11.2. The van der Waals surface area contributed by atoms with E-state index in [-0.39, 0.29) is 33.8 Å². The Morgan fingerprint density at radius 1 is 0.871 bits per heavy atom. The fraction of sp³-hybridized carbons (Fsp3) is 0.423. The second kappa shape index (κ2) is 10.4. The number of hydrogen-bond acceptors (Lipinski definition) is 5. The van der Waals surface area contributed by atoms with Crippen molar-refractivity contribution >= 4 is 17.5 Å². The first kappa shape index (κ1) is 22.7. The number of carbonyl (C=O) groups is 3. The van der Waals surface area contributed by atoms with Crippen LogP contribution in [0.1, 0.15) is 106 Å². The molecule has 5 nitrogen and oxygen atoms in total. The lowest BCUT2D eigenvalue weighted by atomic mass is 9.80. The van der Waals surface area contributed by atoms with E-state index in [1.807, 2.05) is 0 Å². The highest BCUT2D eigenvalue weighted by Crippen LogP contribution is 2.37. The molecule has 2 aromatic rings. The first-order chi connectivity index (χ1) is 15.0. The Morgan fingerprint density at radius 2 is 1.45 bits per heavy atom. The van der Waals surface area contributed by atoms with E-state index in [1.165, 1.54) is 39.2 Å². The average Bonchev–Trinajstić information content (AvgIpc) is 2.79. The highest BCUT2D eigenvalue weighted by Gasteiger charge is 2.36. The molecule has 164 valence electrons. The Labute approximate surface area is 183 Å². The first-order valence-corrected chi connectivity index (χ1v) is 11.2. The minimum atomic E-state index is -0.813. The molecule has 0 fully saturated rings. The van der Waals surface area contributed by atoms with E-state index in [1.54, 1.807) is 30.3 Å². The Hall–Kier alpha value is -2.95. The number of ether oxygens (including phenoxy) is 1. The predicted octanol–water partition coefficient (Wildman–Crippen LogP) is 5.64. The smallest absolute Gasteiger partial charge is 0.342 e. The van der Waals surface area contributed by atoms with Crippen LogP contribution in [0.2, 0.25) is 0 Å². The van der Waals surface area contributed by atoms with Crippen LogP contribution in [-0.4, -0.2) is 29.8 Å². The highest BCUT2D eigenvalue weighted by atomic mass is 16.5. The van der Waals surface area contributed by atoms with Crippen molar-refractivity contribution in [3.05, 3.63) is 63.7 Å². The third-order valence-electron chi connectivity index (χ3n) is 5.96. The van der Waals surface area contributed by atoms with Crippen molar-refractivity contribution in [1.29, 1.82) is 0 Å². The van der Waals surface area contributed by atoms with E-state index < -0.39 is 11.8 Å². The normalized spacial score (nSPS) is 12.5. The number of methoxy groups -OCH3 is 1. The van der Waals surface area contributed by atoms with Crippen LogP contribution >= 0.6 is 0 Å². The van der Waals surface area contributed by atoms with Crippen molar-refractivity contribution in [3.8, 4) is 5.75 Å². The number of hydrogen-bond donors (Lipinski definition) is 1. The van der Waals surface area contributed by atoms with Crippen LogP contribution in [0.5, 0.6) is 5.75 Å². The van der Waals surface area contributed by atoms with Crippen LogP contribution in [0.15, 0.2) is 30.3 Å². The fourth-order valence-electron chi connectivity index (χ4n) is 4.24. The van der Waals surface area contributed by atoms with Gasteiger partial charge in [0.1, 0.15) is 11.3 Å². The monoisotopic (exact) mass is 422 g/mol. The van der Waals surface area contributed by atoms with Gasteiger partial charge in [0, 0.05) is 16.7 Å². The van der Waals surface area contributed by atoms with Gasteiger partial charge in [0.2, 0.25) is 0 Å².